The van der Waals surface area contributed by atoms with E-state index in [1.807, 2.05) is 54.6 Å². The van der Waals surface area contributed by atoms with Crippen LogP contribution in [0.5, 0.6) is 5.75 Å². The Morgan fingerprint density at radius 2 is 1.90 bits per heavy atom. The highest BCUT2D eigenvalue weighted by atomic mass is 16.5. The Balaban J connectivity index is 1.55. The van der Waals surface area contributed by atoms with E-state index in [0.717, 1.165) is 29.0 Å². The number of benzene rings is 2. The van der Waals surface area contributed by atoms with Crippen molar-refractivity contribution in [2.45, 2.75) is 19.4 Å². The van der Waals surface area contributed by atoms with Gasteiger partial charge in [0.2, 0.25) is 5.95 Å². The van der Waals surface area contributed by atoms with Gasteiger partial charge in [0.05, 0.1) is 12.5 Å². The molecule has 0 amide bonds. The summed E-state index contributed by atoms with van der Waals surface area (Å²) in [6.45, 7) is 2.13. The van der Waals surface area contributed by atoms with Gasteiger partial charge in [-0.15, -0.1) is 0 Å². The Morgan fingerprint density at radius 1 is 1.10 bits per heavy atom. The Hall–Kier alpha value is -3.93. The molecular weight excluding hydrogens is 388 g/mol. The number of para-hydroxylation sites is 1. The highest BCUT2D eigenvalue weighted by molar-refractivity contribution is 5.88. The zero-order chi connectivity index (χ0) is 21.4. The van der Waals surface area contributed by atoms with Crippen molar-refractivity contribution in [3.05, 3.63) is 87.8 Å². The van der Waals surface area contributed by atoms with Gasteiger partial charge < -0.3 is 9.64 Å². The molecule has 0 fully saturated rings. The van der Waals surface area contributed by atoms with Crippen molar-refractivity contribution < 1.29 is 4.74 Å². The number of methoxy groups -OCH3 is 1. The van der Waals surface area contributed by atoms with Crippen molar-refractivity contribution in [2.24, 2.45) is 0 Å². The number of hydrogen-bond acceptors (Lipinski definition) is 5. The van der Waals surface area contributed by atoms with Crippen LogP contribution < -0.4 is 15.2 Å². The average molecular weight is 410 g/mol. The molecule has 1 aliphatic rings. The third-order valence-electron chi connectivity index (χ3n) is 5.63. The zero-order valence-electron chi connectivity index (χ0n) is 17.4. The van der Waals surface area contributed by atoms with E-state index in [0.29, 0.717) is 17.0 Å². The molecule has 2 aromatic carbocycles. The lowest BCUT2D eigenvalue weighted by Gasteiger charge is -2.23. The topological polar surface area (TPSA) is 71.1 Å². The monoisotopic (exact) mass is 410 g/mol. The zero-order valence-corrected chi connectivity index (χ0v) is 17.4. The summed E-state index contributed by atoms with van der Waals surface area (Å²) in [7, 11) is 1.64. The van der Waals surface area contributed by atoms with Crippen LogP contribution in [0.25, 0.3) is 23.2 Å². The van der Waals surface area contributed by atoms with Crippen molar-refractivity contribution in [1.82, 2.24) is 15.0 Å². The predicted molar refractivity (Wildman–Crippen MR) is 124 cm³/mol. The van der Waals surface area contributed by atoms with E-state index in [4.69, 9.17) is 9.72 Å². The van der Waals surface area contributed by atoms with Gasteiger partial charge in [-0.25, -0.2) is 4.98 Å². The molecule has 6 heteroatoms. The summed E-state index contributed by atoms with van der Waals surface area (Å²) in [5.74, 6) is 1.33. The molecule has 0 saturated carbocycles. The average Bonchev–Trinajstić information content (AvgIpc) is 3.13. The van der Waals surface area contributed by atoms with Gasteiger partial charge in [-0.05, 0) is 54.3 Å². The molecule has 2 aromatic heterocycles. The van der Waals surface area contributed by atoms with E-state index in [2.05, 4.69) is 33.9 Å². The van der Waals surface area contributed by atoms with Crippen LogP contribution in [-0.4, -0.2) is 28.1 Å². The van der Waals surface area contributed by atoms with Crippen LogP contribution in [0, 0.1) is 0 Å². The quantitative estimate of drug-likeness (QED) is 0.533. The van der Waals surface area contributed by atoms with Gasteiger partial charge in [0, 0.05) is 17.9 Å². The van der Waals surface area contributed by atoms with Gasteiger partial charge in [-0.1, -0.05) is 42.5 Å². The third kappa shape index (κ3) is 3.46. The lowest BCUT2D eigenvalue weighted by Crippen LogP contribution is -2.28. The predicted octanol–water partition coefficient (Wildman–Crippen LogP) is 4.58. The molecule has 5 rings (SSSR count). The summed E-state index contributed by atoms with van der Waals surface area (Å²) >= 11 is 0. The van der Waals surface area contributed by atoms with Gasteiger partial charge in [0.25, 0.3) is 5.56 Å². The van der Waals surface area contributed by atoms with Gasteiger partial charge >= 0.3 is 0 Å². The molecule has 0 bridgehead atoms. The molecule has 1 aliphatic heterocycles. The molecule has 154 valence electrons. The lowest BCUT2D eigenvalue weighted by molar-refractivity contribution is 0.415. The molecule has 0 spiro atoms. The minimum atomic E-state index is -0.195. The van der Waals surface area contributed by atoms with E-state index in [9.17, 15) is 4.79 Å². The van der Waals surface area contributed by atoms with Crippen LogP contribution in [0.2, 0.25) is 0 Å². The number of anilines is 2. The summed E-state index contributed by atoms with van der Waals surface area (Å²) < 4.78 is 5.20. The fourth-order valence-electron chi connectivity index (χ4n) is 4.12. The first-order valence-corrected chi connectivity index (χ1v) is 10.2. The highest BCUT2D eigenvalue weighted by Crippen LogP contribution is 2.36. The minimum absolute atomic E-state index is 0.195. The maximum Gasteiger partial charge on any atom is 0.262 e. The first-order valence-electron chi connectivity index (χ1n) is 10.2. The van der Waals surface area contributed by atoms with Crippen LogP contribution >= 0.6 is 0 Å². The van der Waals surface area contributed by atoms with Crippen LogP contribution in [0.15, 0.2) is 65.6 Å². The first kappa shape index (κ1) is 19.1. The summed E-state index contributed by atoms with van der Waals surface area (Å²) in [5, 5.41) is 0.483. The number of nitrogens with one attached hydrogen (secondary N) is 1. The van der Waals surface area contributed by atoms with Gasteiger partial charge in [0.1, 0.15) is 5.75 Å². The number of rotatable bonds is 4. The van der Waals surface area contributed by atoms with Gasteiger partial charge in [0.15, 0.2) is 5.65 Å². The fraction of sp³-hybridized carbons (Fsp3) is 0.160. The van der Waals surface area contributed by atoms with Crippen molar-refractivity contribution in [3.8, 4) is 5.75 Å². The summed E-state index contributed by atoms with van der Waals surface area (Å²) in [4.78, 5) is 27.2. The van der Waals surface area contributed by atoms with E-state index in [1.54, 1.807) is 13.3 Å². The number of aromatic amines is 1. The molecule has 6 nitrogen and oxygen atoms in total. The van der Waals surface area contributed by atoms with Crippen molar-refractivity contribution in [1.29, 1.82) is 0 Å². The number of hydrogen-bond donors (Lipinski definition) is 1. The second-order valence-electron chi connectivity index (χ2n) is 7.65. The molecule has 1 atom stereocenters. The van der Waals surface area contributed by atoms with Crippen LogP contribution in [0.4, 0.5) is 11.6 Å². The molecule has 0 aliphatic carbocycles. The van der Waals surface area contributed by atoms with Crippen LogP contribution in [0.3, 0.4) is 0 Å². The van der Waals surface area contributed by atoms with Crippen molar-refractivity contribution >= 4 is 34.8 Å². The molecule has 4 aromatic rings. The third-order valence-corrected chi connectivity index (χ3v) is 5.63. The molecule has 0 saturated heterocycles. The summed E-state index contributed by atoms with van der Waals surface area (Å²) in [5.41, 5.74) is 4.35. The van der Waals surface area contributed by atoms with E-state index in [-0.39, 0.29) is 11.6 Å². The lowest BCUT2D eigenvalue weighted by atomic mass is 10.1. The van der Waals surface area contributed by atoms with E-state index < -0.39 is 0 Å². The Kier molecular flexibility index (Phi) is 4.75. The van der Waals surface area contributed by atoms with Crippen LogP contribution in [0.1, 0.15) is 23.6 Å². The largest absolute Gasteiger partial charge is 0.497 e. The Labute approximate surface area is 179 Å². The second-order valence-corrected chi connectivity index (χ2v) is 7.65. The number of H-pyrrole nitrogens is 1. The number of aromatic nitrogens is 3. The summed E-state index contributed by atoms with van der Waals surface area (Å²) in [6, 6.07) is 18.0. The normalized spacial score (nSPS) is 15.5. The molecule has 0 radical (unpaired) electrons. The number of nitrogens with zero attached hydrogens (tertiary/aromatic N) is 3. The fourth-order valence-corrected chi connectivity index (χ4v) is 4.12. The number of ether oxygens (including phenoxy) is 1. The number of pyridine rings is 1. The Bertz CT molecular complexity index is 1340. The van der Waals surface area contributed by atoms with Gasteiger partial charge in [-0.2, -0.15) is 4.98 Å². The number of fused-ring (bicyclic) bond motifs is 2. The maximum absolute atomic E-state index is 13.1. The molecule has 31 heavy (non-hydrogen) atoms. The second kappa shape index (κ2) is 7.72. The minimum Gasteiger partial charge on any atom is -0.497 e. The maximum atomic E-state index is 13.1. The molecule has 3 heterocycles. The molecule has 1 N–H and O–H groups in total. The summed E-state index contributed by atoms with van der Waals surface area (Å²) in [6.07, 6.45) is 6.47. The SMILES string of the molecule is COc1ccc(/C=C/c2ccnc3nc(N4c5ccccc5C[C@@H]4C)[nH]c(=O)c23)cc1. The molecular formula is C25H22N4O2. The standard InChI is InChI=1S/C25H22N4O2/c1-16-15-19-5-3-4-6-21(19)29(16)25-27-23-22(24(30)28-25)18(13-14-26-23)10-7-17-8-11-20(31-2)12-9-17/h3-14,16H,15H2,1-2H3,(H,26,27,28,30)/b10-7+/t16-/m0/s1. The Morgan fingerprint density at radius 3 is 2.71 bits per heavy atom. The molecule has 0 unspecified atom stereocenters. The van der Waals surface area contributed by atoms with Crippen LogP contribution in [-0.2, 0) is 6.42 Å². The van der Waals surface area contributed by atoms with Gasteiger partial charge in [-0.3, -0.25) is 9.78 Å². The highest BCUT2D eigenvalue weighted by Gasteiger charge is 2.28. The van der Waals surface area contributed by atoms with E-state index >= 15 is 0 Å². The van der Waals surface area contributed by atoms with E-state index in [1.165, 1.54) is 5.56 Å². The van der Waals surface area contributed by atoms with Crippen molar-refractivity contribution in [3.63, 3.8) is 0 Å². The smallest absolute Gasteiger partial charge is 0.262 e. The first-order chi connectivity index (χ1) is 15.1. The van der Waals surface area contributed by atoms with Crippen molar-refractivity contribution in [2.75, 3.05) is 12.0 Å².